The summed E-state index contributed by atoms with van der Waals surface area (Å²) >= 11 is 0. The second-order valence-corrected chi connectivity index (χ2v) is 9.82. The Labute approximate surface area is 178 Å². The second-order valence-electron chi connectivity index (χ2n) is 8.28. The quantitative estimate of drug-likeness (QED) is 0.499. The molecule has 0 N–H and O–H groups in total. The molecule has 0 amide bonds. The maximum Gasteiger partial charge on any atom is 0.534 e. The first-order valence-electron chi connectivity index (χ1n) is 10.2. The fourth-order valence-electron chi connectivity index (χ4n) is 5.62. The van der Waals surface area contributed by atoms with Crippen molar-refractivity contribution >= 4 is 10.1 Å². The molecule has 1 aromatic carbocycles. The summed E-state index contributed by atoms with van der Waals surface area (Å²) in [6.07, 6.45) is 5.67. The zero-order valence-electron chi connectivity index (χ0n) is 17.0. The second kappa shape index (κ2) is 6.65. The summed E-state index contributed by atoms with van der Waals surface area (Å²) < 4.78 is 78.5. The molecule has 168 valence electrons. The Kier molecular flexibility index (Phi) is 4.44. The number of benzene rings is 1. The summed E-state index contributed by atoms with van der Waals surface area (Å²) in [4.78, 5) is 2.43. The van der Waals surface area contributed by atoms with Crippen LogP contribution in [-0.2, 0) is 26.7 Å². The van der Waals surface area contributed by atoms with Crippen LogP contribution >= 0.6 is 0 Å². The summed E-state index contributed by atoms with van der Waals surface area (Å²) in [5.74, 6) is 0.178. The number of rotatable bonds is 5. The Morgan fingerprint density at radius 1 is 1.29 bits per heavy atom. The SMILES string of the molecule is CCCN1CC[C@@]23C4=CC=C(OC)[C@@H]2Oc2c(OS(=O)(=O)C(F)(F)F)ccc(c23)C[C@H]41. The Morgan fingerprint density at radius 2 is 2.06 bits per heavy atom. The van der Waals surface area contributed by atoms with E-state index in [0.29, 0.717) is 18.6 Å². The molecule has 2 aliphatic heterocycles. The lowest BCUT2D eigenvalue weighted by molar-refractivity contribution is -0.0500. The Hall–Kier alpha value is -2.20. The third kappa shape index (κ3) is 2.70. The molecular formula is C21H22F3NO5S. The number of methoxy groups -OCH3 is 1. The number of hydrogen-bond donors (Lipinski definition) is 0. The van der Waals surface area contributed by atoms with Crippen molar-refractivity contribution in [2.75, 3.05) is 20.2 Å². The molecule has 0 aromatic heterocycles. The monoisotopic (exact) mass is 457 g/mol. The molecule has 0 unspecified atom stereocenters. The summed E-state index contributed by atoms with van der Waals surface area (Å²) in [5.41, 5.74) is -3.32. The highest BCUT2D eigenvalue weighted by atomic mass is 32.2. The van der Waals surface area contributed by atoms with E-state index in [9.17, 15) is 21.6 Å². The number of halogens is 3. The van der Waals surface area contributed by atoms with Crippen LogP contribution in [0.3, 0.4) is 0 Å². The average Bonchev–Trinajstić information content (AvgIpc) is 3.05. The molecule has 1 fully saturated rings. The van der Waals surface area contributed by atoms with Gasteiger partial charge in [-0.1, -0.05) is 19.1 Å². The largest absolute Gasteiger partial charge is 0.534 e. The van der Waals surface area contributed by atoms with E-state index in [0.717, 1.165) is 36.2 Å². The maximum absolute atomic E-state index is 13.0. The fourth-order valence-corrected chi connectivity index (χ4v) is 6.09. The smallest absolute Gasteiger partial charge is 0.497 e. The highest BCUT2D eigenvalue weighted by Gasteiger charge is 2.62. The van der Waals surface area contributed by atoms with Crippen molar-refractivity contribution in [1.82, 2.24) is 4.90 Å². The van der Waals surface area contributed by atoms with Crippen molar-refractivity contribution in [2.24, 2.45) is 0 Å². The van der Waals surface area contributed by atoms with Gasteiger partial charge in [0.25, 0.3) is 0 Å². The van der Waals surface area contributed by atoms with Gasteiger partial charge in [-0.25, -0.2) is 0 Å². The van der Waals surface area contributed by atoms with Crippen LogP contribution in [0.2, 0.25) is 0 Å². The predicted molar refractivity (Wildman–Crippen MR) is 105 cm³/mol. The van der Waals surface area contributed by atoms with Gasteiger partial charge in [0.1, 0.15) is 5.76 Å². The number of likely N-dealkylation sites (tertiary alicyclic amines) is 1. The third-order valence-electron chi connectivity index (χ3n) is 6.77. The summed E-state index contributed by atoms with van der Waals surface area (Å²) in [6.45, 7) is 3.87. The van der Waals surface area contributed by atoms with Gasteiger partial charge in [-0.3, -0.25) is 4.90 Å². The van der Waals surface area contributed by atoms with Gasteiger partial charge in [0.05, 0.1) is 12.5 Å². The van der Waals surface area contributed by atoms with Crippen LogP contribution < -0.4 is 8.92 Å². The molecule has 4 aliphatic rings. The molecule has 2 bridgehead atoms. The Bertz CT molecular complexity index is 1110. The van der Waals surface area contributed by atoms with Gasteiger partial charge in [0, 0.05) is 18.2 Å². The zero-order chi connectivity index (χ0) is 22.2. The van der Waals surface area contributed by atoms with Crippen molar-refractivity contribution in [1.29, 1.82) is 0 Å². The molecule has 2 heterocycles. The number of ether oxygens (including phenoxy) is 2. The average molecular weight is 457 g/mol. The van der Waals surface area contributed by atoms with E-state index >= 15 is 0 Å². The first-order chi connectivity index (χ1) is 14.6. The molecule has 1 aromatic rings. The molecular weight excluding hydrogens is 435 g/mol. The van der Waals surface area contributed by atoms with Gasteiger partial charge in [0.2, 0.25) is 0 Å². The highest BCUT2D eigenvalue weighted by molar-refractivity contribution is 7.88. The van der Waals surface area contributed by atoms with E-state index in [4.69, 9.17) is 9.47 Å². The number of allylic oxidation sites excluding steroid dienone is 2. The van der Waals surface area contributed by atoms with Crippen LogP contribution in [0.1, 0.15) is 30.9 Å². The topological polar surface area (TPSA) is 65.1 Å². The van der Waals surface area contributed by atoms with Crippen LogP contribution in [0.15, 0.2) is 35.6 Å². The standard InChI is InChI=1S/C21H22F3NO5S/c1-3-9-25-10-8-20-13-5-7-16(28-2)19(20)29-18-15(30-31(26,27)21(22,23)24)6-4-12(17(18)20)11-14(13)25/h4-7,14,19H,3,8-11H2,1-2H3/t14-,19+,20+/m1/s1. The number of piperidine rings is 1. The van der Waals surface area contributed by atoms with E-state index in [1.54, 1.807) is 6.07 Å². The molecule has 0 saturated carbocycles. The minimum Gasteiger partial charge on any atom is -0.497 e. The molecule has 31 heavy (non-hydrogen) atoms. The lowest BCUT2D eigenvalue weighted by Crippen LogP contribution is -2.59. The molecule has 1 spiro atoms. The molecule has 2 aliphatic carbocycles. The lowest BCUT2D eigenvalue weighted by Gasteiger charge is -2.53. The zero-order valence-corrected chi connectivity index (χ0v) is 17.8. The van der Waals surface area contributed by atoms with Crippen molar-refractivity contribution in [3.05, 3.63) is 46.7 Å². The number of nitrogens with zero attached hydrogens (tertiary/aromatic N) is 1. The van der Waals surface area contributed by atoms with Crippen molar-refractivity contribution in [3.63, 3.8) is 0 Å². The molecule has 1 saturated heterocycles. The normalized spacial score (nSPS) is 28.9. The summed E-state index contributed by atoms with van der Waals surface area (Å²) in [5, 5.41) is 0. The Balaban J connectivity index is 1.69. The number of alkyl halides is 3. The Morgan fingerprint density at radius 3 is 2.74 bits per heavy atom. The third-order valence-corrected chi connectivity index (χ3v) is 7.74. The van der Waals surface area contributed by atoms with Gasteiger partial charge in [-0.05, 0) is 49.1 Å². The minimum atomic E-state index is -5.82. The molecule has 6 nitrogen and oxygen atoms in total. The van der Waals surface area contributed by atoms with Gasteiger partial charge in [-0.2, -0.15) is 21.6 Å². The van der Waals surface area contributed by atoms with Gasteiger partial charge >= 0.3 is 15.6 Å². The van der Waals surface area contributed by atoms with Crippen LogP contribution in [0.5, 0.6) is 11.5 Å². The van der Waals surface area contributed by atoms with E-state index in [2.05, 4.69) is 16.0 Å². The van der Waals surface area contributed by atoms with Crippen LogP contribution in [-0.4, -0.2) is 51.2 Å². The van der Waals surface area contributed by atoms with Gasteiger partial charge < -0.3 is 13.7 Å². The van der Waals surface area contributed by atoms with E-state index in [1.807, 2.05) is 12.2 Å². The molecule has 3 atom stereocenters. The van der Waals surface area contributed by atoms with Crippen LogP contribution in [0, 0.1) is 0 Å². The van der Waals surface area contributed by atoms with Gasteiger partial charge in [-0.15, -0.1) is 0 Å². The van der Waals surface area contributed by atoms with Gasteiger partial charge in [0.15, 0.2) is 17.6 Å². The van der Waals surface area contributed by atoms with Crippen molar-refractivity contribution in [3.8, 4) is 11.5 Å². The number of hydrogen-bond acceptors (Lipinski definition) is 6. The van der Waals surface area contributed by atoms with E-state index < -0.39 is 32.9 Å². The minimum absolute atomic E-state index is 0.0634. The predicted octanol–water partition coefficient (Wildman–Crippen LogP) is 3.42. The lowest BCUT2D eigenvalue weighted by atomic mass is 9.57. The first-order valence-corrected chi connectivity index (χ1v) is 11.6. The summed E-state index contributed by atoms with van der Waals surface area (Å²) in [7, 11) is -4.30. The van der Waals surface area contributed by atoms with Crippen LogP contribution in [0.25, 0.3) is 0 Å². The first kappa shape index (κ1) is 20.7. The summed E-state index contributed by atoms with van der Waals surface area (Å²) in [6, 6.07) is 3.08. The maximum atomic E-state index is 13.0. The van der Waals surface area contributed by atoms with E-state index in [-0.39, 0.29) is 11.8 Å². The highest BCUT2D eigenvalue weighted by Crippen LogP contribution is 2.62. The molecule has 10 heteroatoms. The van der Waals surface area contributed by atoms with Crippen molar-refractivity contribution < 1.29 is 35.2 Å². The van der Waals surface area contributed by atoms with Crippen molar-refractivity contribution in [2.45, 2.75) is 49.3 Å². The van der Waals surface area contributed by atoms with E-state index in [1.165, 1.54) is 13.2 Å². The fraction of sp³-hybridized carbons (Fsp3) is 0.524. The molecule has 0 radical (unpaired) electrons. The molecule has 5 rings (SSSR count). The van der Waals surface area contributed by atoms with Crippen LogP contribution in [0.4, 0.5) is 13.2 Å².